The third-order valence-corrected chi connectivity index (χ3v) is 9.21. The highest BCUT2D eigenvalue weighted by Gasteiger charge is 2.26. The Morgan fingerprint density at radius 1 is 0.600 bits per heavy atom. The molecule has 0 amide bonds. The van der Waals surface area contributed by atoms with Crippen LogP contribution in [0.1, 0.15) is 168 Å². The Labute approximate surface area is 278 Å². The summed E-state index contributed by atoms with van der Waals surface area (Å²) < 4.78 is 33.9. The molecule has 0 saturated heterocycles. The van der Waals surface area contributed by atoms with E-state index in [-0.39, 0.29) is 26.2 Å². The molecule has 0 rings (SSSR count). The molecule has 45 heavy (non-hydrogen) atoms. The molecule has 0 aromatic carbocycles. The Morgan fingerprint density at radius 2 is 1.00 bits per heavy atom. The monoisotopic (exact) mass is 665 g/mol. The number of carbonyl (C=O) groups is 1. The first-order valence-electron chi connectivity index (χ1n) is 18.8. The number of hydrogen-bond acceptors (Lipinski definition) is 6. The van der Waals surface area contributed by atoms with E-state index in [0.29, 0.717) is 17.6 Å². The summed E-state index contributed by atoms with van der Waals surface area (Å²) in [5.74, 6) is -0.398. The van der Waals surface area contributed by atoms with Crippen LogP contribution in [0.2, 0.25) is 0 Å². The highest BCUT2D eigenvalue weighted by molar-refractivity contribution is 7.47. The second-order valence-corrected chi connectivity index (χ2v) is 15.4. The Bertz CT molecular complexity index is 701. The maximum atomic E-state index is 12.2. The molecule has 0 radical (unpaired) electrons. The van der Waals surface area contributed by atoms with E-state index in [4.69, 9.17) is 18.5 Å². The van der Waals surface area contributed by atoms with Gasteiger partial charge < -0.3 is 18.9 Å². The van der Waals surface area contributed by atoms with Gasteiger partial charge in [0.1, 0.15) is 19.3 Å². The molecule has 0 bridgehead atoms. The standard InChI is InChI=1S/C36H74NO7P/c1-6-8-9-10-11-12-13-14-15-16-17-18-19-20-21-22-23-24-25-26-27-28-29-31-41-33-35(44-36(38)7-2)34-43-45(39,40)42-32-30-37(3,4)5/h35H,6-34H2,1-5H3/p+1. The molecule has 0 aliphatic carbocycles. The molecule has 8 nitrogen and oxygen atoms in total. The summed E-state index contributed by atoms with van der Waals surface area (Å²) in [5.41, 5.74) is 0. The highest BCUT2D eigenvalue weighted by atomic mass is 31.2. The first kappa shape index (κ1) is 44.5. The van der Waals surface area contributed by atoms with Crippen LogP contribution in [0, 0.1) is 0 Å². The van der Waals surface area contributed by atoms with E-state index in [9.17, 15) is 14.3 Å². The maximum absolute atomic E-state index is 12.2. The van der Waals surface area contributed by atoms with Crippen molar-refractivity contribution in [2.24, 2.45) is 0 Å². The smallest absolute Gasteiger partial charge is 0.457 e. The number of carbonyl (C=O) groups excluding carboxylic acids is 1. The second kappa shape index (κ2) is 30.8. The minimum atomic E-state index is -4.23. The Hall–Kier alpha value is -0.500. The third-order valence-electron chi connectivity index (χ3n) is 8.22. The number of hydrogen-bond donors (Lipinski definition) is 1. The normalized spacial score (nSPS) is 14.0. The lowest BCUT2D eigenvalue weighted by Gasteiger charge is -2.24. The third kappa shape index (κ3) is 34.6. The summed E-state index contributed by atoms with van der Waals surface area (Å²) in [6, 6.07) is 0. The fourth-order valence-electron chi connectivity index (χ4n) is 5.23. The zero-order valence-corrected chi connectivity index (χ0v) is 31.3. The molecule has 2 atom stereocenters. The molecule has 0 spiro atoms. The molecule has 0 aromatic rings. The van der Waals surface area contributed by atoms with Crippen LogP contribution in [-0.2, 0) is 27.9 Å². The van der Waals surface area contributed by atoms with Crippen molar-refractivity contribution in [2.45, 2.75) is 174 Å². The Morgan fingerprint density at radius 3 is 1.38 bits per heavy atom. The number of unbranched alkanes of at least 4 members (excludes halogenated alkanes) is 22. The van der Waals surface area contributed by atoms with Crippen molar-refractivity contribution in [1.29, 1.82) is 0 Å². The van der Waals surface area contributed by atoms with Gasteiger partial charge in [-0.15, -0.1) is 0 Å². The predicted molar refractivity (Wildman–Crippen MR) is 187 cm³/mol. The van der Waals surface area contributed by atoms with E-state index in [1.54, 1.807) is 6.92 Å². The van der Waals surface area contributed by atoms with E-state index in [1.165, 1.54) is 135 Å². The van der Waals surface area contributed by atoms with Crippen molar-refractivity contribution in [2.75, 3.05) is 54.1 Å². The number of nitrogens with zero attached hydrogens (tertiary/aromatic N) is 1. The van der Waals surface area contributed by atoms with Gasteiger partial charge in [-0.2, -0.15) is 0 Å². The average Bonchev–Trinajstić information content (AvgIpc) is 2.98. The minimum absolute atomic E-state index is 0.0900. The van der Waals surface area contributed by atoms with Crippen LogP contribution in [-0.4, -0.2) is 75.6 Å². The van der Waals surface area contributed by atoms with Crippen LogP contribution < -0.4 is 0 Å². The molecule has 0 aromatic heterocycles. The quantitative estimate of drug-likeness (QED) is 0.0312. The predicted octanol–water partition coefficient (Wildman–Crippen LogP) is 10.2. The van der Waals surface area contributed by atoms with E-state index in [0.717, 1.165) is 12.8 Å². The summed E-state index contributed by atoms with van der Waals surface area (Å²) in [5, 5.41) is 0. The fourth-order valence-corrected chi connectivity index (χ4v) is 5.98. The Kier molecular flexibility index (Phi) is 30.5. The number of phosphoric ester groups is 1. The van der Waals surface area contributed by atoms with Gasteiger partial charge in [0.15, 0.2) is 0 Å². The van der Waals surface area contributed by atoms with Crippen molar-refractivity contribution < 1.29 is 37.3 Å². The number of ether oxygens (including phenoxy) is 2. The fraction of sp³-hybridized carbons (Fsp3) is 0.972. The van der Waals surface area contributed by atoms with Gasteiger partial charge in [0.2, 0.25) is 0 Å². The van der Waals surface area contributed by atoms with Crippen molar-refractivity contribution in [3.63, 3.8) is 0 Å². The van der Waals surface area contributed by atoms with Gasteiger partial charge in [-0.05, 0) is 6.42 Å². The van der Waals surface area contributed by atoms with E-state index in [2.05, 4.69) is 6.92 Å². The van der Waals surface area contributed by atoms with Gasteiger partial charge in [0, 0.05) is 13.0 Å². The Balaban J connectivity index is 3.61. The molecule has 0 heterocycles. The lowest BCUT2D eigenvalue weighted by atomic mass is 10.0. The molecule has 0 aliphatic rings. The van der Waals surface area contributed by atoms with E-state index in [1.807, 2.05) is 21.1 Å². The SMILES string of the molecule is CCCCCCCCCCCCCCCCCCCCCCCCCOCC(COP(=O)(O)OCC[N+](C)(C)C)OC(=O)CC. The van der Waals surface area contributed by atoms with Crippen LogP contribution in [0.3, 0.4) is 0 Å². The van der Waals surface area contributed by atoms with Gasteiger partial charge in [-0.1, -0.05) is 155 Å². The summed E-state index contributed by atoms with van der Waals surface area (Å²) in [7, 11) is 1.67. The van der Waals surface area contributed by atoms with E-state index >= 15 is 0 Å². The molecule has 0 fully saturated rings. The van der Waals surface area contributed by atoms with Gasteiger partial charge in [0.25, 0.3) is 0 Å². The number of quaternary nitrogens is 1. The van der Waals surface area contributed by atoms with Crippen molar-refractivity contribution in [1.82, 2.24) is 0 Å². The molecule has 9 heteroatoms. The van der Waals surface area contributed by atoms with Crippen LogP contribution in [0.15, 0.2) is 0 Å². The topological polar surface area (TPSA) is 91.3 Å². The van der Waals surface area contributed by atoms with Crippen molar-refractivity contribution in [3.8, 4) is 0 Å². The molecule has 270 valence electrons. The van der Waals surface area contributed by atoms with Crippen LogP contribution in [0.5, 0.6) is 0 Å². The molecular weight excluding hydrogens is 589 g/mol. The highest BCUT2D eigenvalue weighted by Crippen LogP contribution is 2.43. The summed E-state index contributed by atoms with van der Waals surface area (Å²) >= 11 is 0. The summed E-state index contributed by atoms with van der Waals surface area (Å²) in [6.07, 6.45) is 30.8. The van der Waals surface area contributed by atoms with E-state index < -0.39 is 19.9 Å². The summed E-state index contributed by atoms with van der Waals surface area (Å²) in [4.78, 5) is 21.7. The second-order valence-electron chi connectivity index (χ2n) is 13.9. The van der Waals surface area contributed by atoms with Gasteiger partial charge >= 0.3 is 13.8 Å². The lowest BCUT2D eigenvalue weighted by Crippen LogP contribution is -2.37. The van der Waals surface area contributed by atoms with Crippen molar-refractivity contribution in [3.05, 3.63) is 0 Å². The van der Waals surface area contributed by atoms with Crippen LogP contribution in [0.25, 0.3) is 0 Å². The van der Waals surface area contributed by atoms with Crippen LogP contribution in [0.4, 0.5) is 0 Å². The molecular formula is C36H75NO7P+. The average molecular weight is 665 g/mol. The maximum Gasteiger partial charge on any atom is 0.472 e. The largest absolute Gasteiger partial charge is 0.472 e. The molecule has 0 aliphatic heterocycles. The van der Waals surface area contributed by atoms with Gasteiger partial charge in [0.05, 0.1) is 34.4 Å². The first-order chi connectivity index (χ1) is 21.6. The summed E-state index contributed by atoms with van der Waals surface area (Å²) in [6.45, 7) is 5.09. The molecule has 1 N–H and O–H groups in total. The lowest BCUT2D eigenvalue weighted by molar-refractivity contribution is -0.870. The van der Waals surface area contributed by atoms with Crippen molar-refractivity contribution >= 4 is 13.8 Å². The molecule has 0 saturated carbocycles. The molecule has 2 unspecified atom stereocenters. The van der Waals surface area contributed by atoms with Gasteiger partial charge in [-0.25, -0.2) is 4.57 Å². The number of phosphoric acid groups is 1. The zero-order chi connectivity index (χ0) is 33.5. The zero-order valence-electron chi connectivity index (χ0n) is 30.4. The van der Waals surface area contributed by atoms with Gasteiger partial charge in [-0.3, -0.25) is 13.8 Å². The van der Waals surface area contributed by atoms with Crippen LogP contribution >= 0.6 is 7.82 Å². The number of rotatable bonds is 35. The number of esters is 1. The first-order valence-corrected chi connectivity index (χ1v) is 20.3. The number of likely N-dealkylation sites (N-methyl/N-ethyl adjacent to an activating group) is 1. The minimum Gasteiger partial charge on any atom is -0.457 e.